The second kappa shape index (κ2) is 5.44. The van der Waals surface area contributed by atoms with E-state index in [0.29, 0.717) is 6.42 Å². The van der Waals surface area contributed by atoms with E-state index in [4.69, 9.17) is 0 Å². The Kier molecular flexibility index (Phi) is 3.71. The van der Waals surface area contributed by atoms with Crippen molar-refractivity contribution < 1.29 is 4.79 Å². The van der Waals surface area contributed by atoms with Gasteiger partial charge in [-0.05, 0) is 18.1 Å². The molecule has 0 aliphatic heterocycles. The maximum Gasteiger partial charge on any atom is 0.120 e. The molecule has 0 fully saturated rings. The highest BCUT2D eigenvalue weighted by molar-refractivity contribution is 5.54. The lowest BCUT2D eigenvalue weighted by atomic mass is 9.89. The first-order valence-corrected chi connectivity index (χ1v) is 5.86. The zero-order chi connectivity index (χ0) is 12.1. The highest BCUT2D eigenvalue weighted by Crippen LogP contribution is 2.27. The fourth-order valence-corrected chi connectivity index (χ4v) is 2.04. The monoisotopic (exact) mass is 224 g/mol. The summed E-state index contributed by atoms with van der Waals surface area (Å²) in [6.45, 7) is 2.07. The highest BCUT2D eigenvalue weighted by atomic mass is 16.1. The average Bonchev–Trinajstić information content (AvgIpc) is 2.38. The van der Waals surface area contributed by atoms with Crippen LogP contribution in [0.1, 0.15) is 29.0 Å². The zero-order valence-electron chi connectivity index (χ0n) is 9.97. The minimum atomic E-state index is 0.175. The van der Waals surface area contributed by atoms with Crippen LogP contribution in [0.2, 0.25) is 0 Å². The van der Waals surface area contributed by atoms with E-state index in [9.17, 15) is 4.79 Å². The van der Waals surface area contributed by atoms with Crippen molar-refractivity contribution in [3.63, 3.8) is 0 Å². The van der Waals surface area contributed by atoms with E-state index in [1.807, 2.05) is 18.2 Å². The Bertz CT molecular complexity index is 471. The lowest BCUT2D eigenvalue weighted by Gasteiger charge is -2.15. The molecule has 0 N–H and O–H groups in total. The van der Waals surface area contributed by atoms with Crippen molar-refractivity contribution >= 4 is 6.29 Å². The van der Waals surface area contributed by atoms with Gasteiger partial charge in [-0.15, -0.1) is 0 Å². The first kappa shape index (κ1) is 11.6. The smallest absolute Gasteiger partial charge is 0.120 e. The van der Waals surface area contributed by atoms with Crippen LogP contribution in [0.4, 0.5) is 0 Å². The Morgan fingerprint density at radius 3 is 2.12 bits per heavy atom. The molecule has 1 atom stereocenters. The quantitative estimate of drug-likeness (QED) is 0.723. The Morgan fingerprint density at radius 2 is 1.53 bits per heavy atom. The number of carbonyl (C=O) groups excluding carboxylic acids is 1. The summed E-state index contributed by atoms with van der Waals surface area (Å²) in [7, 11) is 0. The summed E-state index contributed by atoms with van der Waals surface area (Å²) in [6, 6.07) is 18.6. The van der Waals surface area contributed by atoms with Gasteiger partial charge in [0.15, 0.2) is 0 Å². The maximum atomic E-state index is 10.8. The van der Waals surface area contributed by atoms with E-state index < -0.39 is 0 Å². The lowest BCUT2D eigenvalue weighted by Crippen LogP contribution is -2.01. The second-order valence-electron chi connectivity index (χ2n) is 4.28. The molecule has 1 nitrogen and oxygen atoms in total. The number of aldehydes is 1. The van der Waals surface area contributed by atoms with Crippen molar-refractivity contribution in [3.8, 4) is 0 Å². The summed E-state index contributed by atoms with van der Waals surface area (Å²) in [5, 5.41) is 0. The molecule has 17 heavy (non-hydrogen) atoms. The van der Waals surface area contributed by atoms with Crippen molar-refractivity contribution in [2.75, 3.05) is 0 Å². The molecule has 0 amide bonds. The molecule has 0 aliphatic carbocycles. The van der Waals surface area contributed by atoms with E-state index in [0.717, 1.165) is 6.29 Å². The summed E-state index contributed by atoms with van der Waals surface area (Å²) in [5.74, 6) is 0.175. The van der Waals surface area contributed by atoms with Crippen molar-refractivity contribution in [2.45, 2.75) is 19.3 Å². The molecule has 0 saturated heterocycles. The van der Waals surface area contributed by atoms with Crippen molar-refractivity contribution in [1.29, 1.82) is 0 Å². The Morgan fingerprint density at radius 1 is 0.941 bits per heavy atom. The number of carbonyl (C=O) groups is 1. The third-order valence-electron chi connectivity index (χ3n) is 3.01. The molecular weight excluding hydrogens is 208 g/mol. The van der Waals surface area contributed by atoms with Gasteiger partial charge < -0.3 is 4.79 Å². The van der Waals surface area contributed by atoms with Gasteiger partial charge in [-0.2, -0.15) is 0 Å². The number of hydrogen-bond donors (Lipinski definition) is 0. The van der Waals surface area contributed by atoms with Gasteiger partial charge in [-0.1, -0.05) is 60.2 Å². The minimum absolute atomic E-state index is 0.175. The van der Waals surface area contributed by atoms with Crippen LogP contribution in [0.5, 0.6) is 0 Å². The van der Waals surface area contributed by atoms with Crippen molar-refractivity contribution in [1.82, 2.24) is 0 Å². The number of benzene rings is 2. The molecule has 0 unspecified atom stereocenters. The lowest BCUT2D eigenvalue weighted by molar-refractivity contribution is -0.108. The summed E-state index contributed by atoms with van der Waals surface area (Å²) in [4.78, 5) is 10.8. The number of hydrogen-bond acceptors (Lipinski definition) is 1. The topological polar surface area (TPSA) is 17.1 Å². The molecular formula is C16H16O. The SMILES string of the molecule is Cc1ccc([C@@H](CC=O)c2ccccc2)cc1. The molecule has 0 bridgehead atoms. The molecule has 0 aliphatic rings. The molecule has 1 heteroatoms. The molecule has 2 rings (SSSR count). The summed E-state index contributed by atoms with van der Waals surface area (Å²) in [5.41, 5.74) is 3.64. The Balaban J connectivity index is 2.35. The van der Waals surface area contributed by atoms with Gasteiger partial charge in [0.25, 0.3) is 0 Å². The van der Waals surface area contributed by atoms with Gasteiger partial charge in [-0.25, -0.2) is 0 Å². The first-order chi connectivity index (χ1) is 8.31. The summed E-state index contributed by atoms with van der Waals surface area (Å²) < 4.78 is 0. The van der Waals surface area contributed by atoms with Crippen LogP contribution in [0.15, 0.2) is 54.6 Å². The summed E-state index contributed by atoms with van der Waals surface area (Å²) in [6.07, 6.45) is 1.53. The van der Waals surface area contributed by atoms with Crippen LogP contribution in [-0.2, 0) is 4.79 Å². The number of rotatable bonds is 4. The van der Waals surface area contributed by atoms with E-state index in [-0.39, 0.29) is 5.92 Å². The molecule has 86 valence electrons. The van der Waals surface area contributed by atoms with Gasteiger partial charge >= 0.3 is 0 Å². The molecule has 0 heterocycles. The van der Waals surface area contributed by atoms with Crippen LogP contribution in [0.25, 0.3) is 0 Å². The third kappa shape index (κ3) is 2.82. The van der Waals surface area contributed by atoms with Gasteiger partial charge in [-0.3, -0.25) is 0 Å². The average molecular weight is 224 g/mol. The second-order valence-corrected chi connectivity index (χ2v) is 4.28. The Labute approximate surface area is 102 Å². The Hall–Kier alpha value is -1.89. The zero-order valence-corrected chi connectivity index (χ0v) is 9.97. The molecule has 0 spiro atoms. The predicted octanol–water partition coefficient (Wildman–Crippen LogP) is 3.72. The van der Waals surface area contributed by atoms with E-state index >= 15 is 0 Å². The van der Waals surface area contributed by atoms with Crippen LogP contribution in [0, 0.1) is 6.92 Å². The van der Waals surface area contributed by atoms with Crippen LogP contribution < -0.4 is 0 Å². The van der Waals surface area contributed by atoms with Crippen LogP contribution >= 0.6 is 0 Å². The van der Waals surface area contributed by atoms with E-state index in [1.54, 1.807) is 0 Å². The minimum Gasteiger partial charge on any atom is -0.303 e. The standard InChI is InChI=1S/C16H16O/c1-13-7-9-15(10-8-13)16(11-12-17)14-5-3-2-4-6-14/h2-10,12,16H,11H2,1H3/t16-/m0/s1. The largest absolute Gasteiger partial charge is 0.303 e. The van der Waals surface area contributed by atoms with Gasteiger partial charge in [0.2, 0.25) is 0 Å². The van der Waals surface area contributed by atoms with E-state index in [1.165, 1.54) is 16.7 Å². The fourth-order valence-electron chi connectivity index (χ4n) is 2.04. The number of aryl methyl sites for hydroxylation is 1. The first-order valence-electron chi connectivity index (χ1n) is 5.86. The molecule has 0 radical (unpaired) electrons. The predicted molar refractivity (Wildman–Crippen MR) is 70.1 cm³/mol. The molecule has 2 aromatic rings. The summed E-state index contributed by atoms with van der Waals surface area (Å²) >= 11 is 0. The van der Waals surface area contributed by atoms with Gasteiger partial charge in [0.1, 0.15) is 6.29 Å². The van der Waals surface area contributed by atoms with Crippen LogP contribution in [0.3, 0.4) is 0 Å². The van der Waals surface area contributed by atoms with Crippen molar-refractivity contribution in [3.05, 3.63) is 71.3 Å². The molecule has 2 aromatic carbocycles. The fraction of sp³-hybridized carbons (Fsp3) is 0.188. The van der Waals surface area contributed by atoms with Gasteiger partial charge in [0.05, 0.1) is 0 Å². The van der Waals surface area contributed by atoms with Crippen LogP contribution in [-0.4, -0.2) is 6.29 Å². The molecule has 0 saturated carbocycles. The molecule has 0 aromatic heterocycles. The van der Waals surface area contributed by atoms with E-state index in [2.05, 4.69) is 43.3 Å². The maximum absolute atomic E-state index is 10.8. The normalized spacial score (nSPS) is 12.1. The van der Waals surface area contributed by atoms with Crippen molar-refractivity contribution in [2.24, 2.45) is 0 Å². The highest BCUT2D eigenvalue weighted by Gasteiger charge is 2.12. The van der Waals surface area contributed by atoms with Gasteiger partial charge in [0, 0.05) is 12.3 Å². The third-order valence-corrected chi connectivity index (χ3v) is 3.01.